The van der Waals surface area contributed by atoms with Crippen molar-refractivity contribution < 1.29 is 19.4 Å². The van der Waals surface area contributed by atoms with Crippen molar-refractivity contribution >= 4 is 5.97 Å². The Morgan fingerprint density at radius 3 is 2.15 bits per heavy atom. The number of carboxylic acids is 1. The molecule has 0 saturated heterocycles. The van der Waals surface area contributed by atoms with Gasteiger partial charge in [0.2, 0.25) is 0 Å². The maximum Gasteiger partial charge on any atom is 0.335 e. The Bertz CT molecular complexity index is 1050. The van der Waals surface area contributed by atoms with Crippen molar-refractivity contribution in [2.45, 2.75) is 50.4 Å². The second-order valence-corrected chi connectivity index (χ2v) is 10.6. The third kappa shape index (κ3) is 4.92. The van der Waals surface area contributed by atoms with Gasteiger partial charge in [0.15, 0.2) is 0 Å². The van der Waals surface area contributed by atoms with E-state index in [0.29, 0.717) is 25.2 Å². The molecule has 2 aromatic rings. The molecule has 0 atom stereocenters. The Morgan fingerprint density at radius 2 is 1.53 bits per heavy atom. The SMILES string of the molecule is COCCOCCc1ccc(C#Cc2ccc(C(=O)O)cc2)cc1C12CC3CC(CC(C3)C1)C2. The van der Waals surface area contributed by atoms with Gasteiger partial charge >= 0.3 is 5.97 Å². The minimum Gasteiger partial charge on any atom is -0.478 e. The van der Waals surface area contributed by atoms with E-state index in [4.69, 9.17) is 14.6 Å². The Hall–Kier alpha value is -2.61. The zero-order valence-electron chi connectivity index (χ0n) is 20.0. The lowest BCUT2D eigenvalue weighted by atomic mass is 9.47. The first-order valence-corrected chi connectivity index (χ1v) is 12.6. The van der Waals surface area contributed by atoms with Crippen LogP contribution in [0.25, 0.3) is 0 Å². The molecule has 4 fully saturated rings. The number of hydrogen-bond acceptors (Lipinski definition) is 3. The molecule has 1 N–H and O–H groups in total. The standard InChI is InChI=1S/C30H34O4/c1-33-12-13-34-11-10-26-7-6-22(3-2-21-4-8-27(9-5-21)29(31)32)17-28(26)30-18-23-14-24(19-30)16-25(15-23)20-30/h4-9,17,23-25H,10-16,18-20H2,1H3,(H,31,32). The topological polar surface area (TPSA) is 55.8 Å². The second kappa shape index (κ2) is 9.94. The van der Waals surface area contributed by atoms with Crippen LogP contribution in [0.3, 0.4) is 0 Å². The number of aromatic carboxylic acids is 1. The molecule has 0 unspecified atom stereocenters. The summed E-state index contributed by atoms with van der Waals surface area (Å²) in [6.07, 6.45) is 9.19. The first kappa shape index (κ1) is 23.1. The number of methoxy groups -OCH3 is 1. The van der Waals surface area contributed by atoms with E-state index < -0.39 is 5.97 Å². The normalized spacial score (nSPS) is 26.8. The van der Waals surface area contributed by atoms with Crippen molar-refractivity contribution in [3.63, 3.8) is 0 Å². The van der Waals surface area contributed by atoms with Gasteiger partial charge in [0.25, 0.3) is 0 Å². The molecule has 0 heterocycles. The molecule has 0 aliphatic heterocycles. The average Bonchev–Trinajstić information content (AvgIpc) is 2.82. The van der Waals surface area contributed by atoms with Gasteiger partial charge in [-0.25, -0.2) is 4.79 Å². The number of carbonyl (C=O) groups is 1. The lowest BCUT2D eigenvalue weighted by Crippen LogP contribution is -2.49. The van der Waals surface area contributed by atoms with E-state index in [1.807, 2.05) is 0 Å². The van der Waals surface area contributed by atoms with Crippen molar-refractivity contribution in [2.75, 3.05) is 26.9 Å². The third-order valence-electron chi connectivity index (χ3n) is 8.15. The smallest absolute Gasteiger partial charge is 0.335 e. The van der Waals surface area contributed by atoms with E-state index in [1.165, 1.54) is 49.7 Å². The number of carboxylic acid groups (broad SMARTS) is 1. The van der Waals surface area contributed by atoms with Crippen molar-refractivity contribution in [3.8, 4) is 11.8 Å². The first-order valence-electron chi connectivity index (χ1n) is 12.6. The fraction of sp³-hybridized carbons (Fsp3) is 0.500. The van der Waals surface area contributed by atoms with Crippen LogP contribution < -0.4 is 0 Å². The molecule has 0 amide bonds. The maximum atomic E-state index is 11.1. The molecule has 6 rings (SSSR count). The largest absolute Gasteiger partial charge is 0.478 e. The molecular weight excluding hydrogens is 424 g/mol. The number of ether oxygens (including phenoxy) is 2. The molecule has 4 saturated carbocycles. The van der Waals surface area contributed by atoms with E-state index in [-0.39, 0.29) is 5.56 Å². The highest BCUT2D eigenvalue weighted by molar-refractivity contribution is 5.87. The van der Waals surface area contributed by atoms with Gasteiger partial charge in [0.1, 0.15) is 0 Å². The van der Waals surface area contributed by atoms with Crippen LogP contribution in [-0.2, 0) is 21.3 Å². The summed E-state index contributed by atoms with van der Waals surface area (Å²) in [6, 6.07) is 13.5. The van der Waals surface area contributed by atoms with E-state index in [1.54, 1.807) is 31.4 Å². The Labute approximate surface area is 202 Å². The summed E-state index contributed by atoms with van der Waals surface area (Å²) in [6.45, 7) is 1.97. The highest BCUT2D eigenvalue weighted by Crippen LogP contribution is 2.61. The van der Waals surface area contributed by atoms with E-state index in [9.17, 15) is 4.79 Å². The van der Waals surface area contributed by atoms with Gasteiger partial charge in [-0.15, -0.1) is 0 Å². The number of hydrogen-bond donors (Lipinski definition) is 1. The molecule has 0 radical (unpaired) electrons. The van der Waals surface area contributed by atoms with E-state index >= 15 is 0 Å². The van der Waals surface area contributed by atoms with Gasteiger partial charge in [-0.1, -0.05) is 17.9 Å². The van der Waals surface area contributed by atoms with Crippen LogP contribution in [-0.4, -0.2) is 38.0 Å². The van der Waals surface area contributed by atoms with Crippen molar-refractivity contribution in [1.82, 2.24) is 0 Å². The van der Waals surface area contributed by atoms with E-state index in [0.717, 1.165) is 35.3 Å². The quantitative estimate of drug-likeness (QED) is 0.422. The molecule has 4 bridgehead atoms. The molecule has 4 heteroatoms. The minimum absolute atomic E-state index is 0.284. The molecular formula is C30H34O4. The van der Waals surface area contributed by atoms with Crippen LogP contribution in [0.15, 0.2) is 42.5 Å². The predicted molar refractivity (Wildman–Crippen MR) is 132 cm³/mol. The molecule has 178 valence electrons. The summed E-state index contributed by atoms with van der Waals surface area (Å²) in [4.78, 5) is 11.1. The number of rotatable bonds is 8. The predicted octanol–water partition coefficient (Wildman–Crippen LogP) is 5.46. The van der Waals surface area contributed by atoms with E-state index in [2.05, 4.69) is 30.0 Å². The van der Waals surface area contributed by atoms with Gasteiger partial charge in [0.05, 0.1) is 25.4 Å². The molecule has 0 aromatic heterocycles. The zero-order valence-corrected chi connectivity index (χ0v) is 20.0. The van der Waals surface area contributed by atoms with Crippen LogP contribution in [0.1, 0.15) is 71.1 Å². The minimum atomic E-state index is -0.915. The zero-order chi connectivity index (χ0) is 23.5. The first-order chi connectivity index (χ1) is 16.5. The van der Waals surface area contributed by atoms with Crippen LogP contribution in [0.2, 0.25) is 0 Å². The molecule has 0 spiro atoms. The average molecular weight is 459 g/mol. The fourth-order valence-electron chi connectivity index (χ4n) is 7.07. The van der Waals surface area contributed by atoms with Gasteiger partial charge in [-0.05, 0) is 116 Å². The van der Waals surface area contributed by atoms with Gasteiger partial charge < -0.3 is 14.6 Å². The fourth-order valence-corrected chi connectivity index (χ4v) is 7.07. The summed E-state index contributed by atoms with van der Waals surface area (Å²) in [5.41, 5.74) is 5.38. The highest BCUT2D eigenvalue weighted by Gasteiger charge is 2.52. The van der Waals surface area contributed by atoms with Crippen LogP contribution in [0, 0.1) is 29.6 Å². The van der Waals surface area contributed by atoms with Gasteiger partial charge in [-0.3, -0.25) is 0 Å². The van der Waals surface area contributed by atoms with Gasteiger partial charge in [0, 0.05) is 18.2 Å². The van der Waals surface area contributed by atoms with Crippen LogP contribution >= 0.6 is 0 Å². The van der Waals surface area contributed by atoms with Crippen molar-refractivity contribution in [2.24, 2.45) is 17.8 Å². The molecule has 4 aliphatic rings. The maximum absolute atomic E-state index is 11.1. The Kier molecular flexibility index (Phi) is 6.77. The van der Waals surface area contributed by atoms with Gasteiger partial charge in [-0.2, -0.15) is 0 Å². The third-order valence-corrected chi connectivity index (χ3v) is 8.15. The summed E-state index contributed by atoms with van der Waals surface area (Å²) in [5, 5.41) is 9.11. The number of benzene rings is 2. The molecule has 34 heavy (non-hydrogen) atoms. The van der Waals surface area contributed by atoms with Crippen molar-refractivity contribution in [1.29, 1.82) is 0 Å². The molecule has 4 aliphatic carbocycles. The summed E-state index contributed by atoms with van der Waals surface area (Å²) in [7, 11) is 1.70. The summed E-state index contributed by atoms with van der Waals surface area (Å²) < 4.78 is 10.9. The molecule has 4 nitrogen and oxygen atoms in total. The van der Waals surface area contributed by atoms with Crippen LogP contribution in [0.5, 0.6) is 0 Å². The lowest BCUT2D eigenvalue weighted by Gasteiger charge is -2.57. The highest BCUT2D eigenvalue weighted by atomic mass is 16.5. The monoisotopic (exact) mass is 458 g/mol. The Morgan fingerprint density at radius 1 is 0.912 bits per heavy atom. The lowest BCUT2D eigenvalue weighted by molar-refractivity contribution is -0.00578. The Balaban J connectivity index is 1.42. The van der Waals surface area contributed by atoms with Crippen molar-refractivity contribution in [3.05, 3.63) is 70.3 Å². The summed E-state index contributed by atoms with van der Waals surface area (Å²) in [5.74, 6) is 8.33. The second-order valence-electron chi connectivity index (χ2n) is 10.6. The summed E-state index contributed by atoms with van der Waals surface area (Å²) >= 11 is 0. The molecule has 2 aromatic carbocycles. The van der Waals surface area contributed by atoms with Crippen LogP contribution in [0.4, 0.5) is 0 Å².